The van der Waals surface area contributed by atoms with Crippen LogP contribution in [0.3, 0.4) is 0 Å². The largest absolute Gasteiger partial charge is 0.313 e. The SMILES string of the molecule is CCNC1CCC(C(C)(C)C)CC1Sc1cccc(F)c1. The van der Waals surface area contributed by atoms with Crippen LogP contribution < -0.4 is 5.32 Å². The average Bonchev–Trinajstić information content (AvgIpc) is 2.40. The first kappa shape index (κ1) is 16.8. The van der Waals surface area contributed by atoms with Gasteiger partial charge in [0.2, 0.25) is 0 Å². The highest BCUT2D eigenvalue weighted by atomic mass is 32.2. The van der Waals surface area contributed by atoms with E-state index in [2.05, 4.69) is 33.0 Å². The summed E-state index contributed by atoms with van der Waals surface area (Å²) in [6, 6.07) is 7.56. The van der Waals surface area contributed by atoms with Crippen molar-refractivity contribution in [1.82, 2.24) is 5.32 Å². The van der Waals surface area contributed by atoms with Gasteiger partial charge < -0.3 is 5.32 Å². The van der Waals surface area contributed by atoms with Gasteiger partial charge in [0.1, 0.15) is 5.82 Å². The predicted molar refractivity (Wildman–Crippen MR) is 90.3 cm³/mol. The molecule has 118 valence electrons. The van der Waals surface area contributed by atoms with Gasteiger partial charge in [0.05, 0.1) is 0 Å². The van der Waals surface area contributed by atoms with Gasteiger partial charge in [0.25, 0.3) is 0 Å². The van der Waals surface area contributed by atoms with Crippen molar-refractivity contribution in [1.29, 1.82) is 0 Å². The Balaban J connectivity index is 2.10. The monoisotopic (exact) mass is 309 g/mol. The molecule has 1 aromatic rings. The molecular formula is C18H28FNS. The molecule has 0 spiro atoms. The number of benzene rings is 1. The third-order valence-corrected chi connectivity index (χ3v) is 5.92. The Labute approximate surface area is 133 Å². The number of halogens is 1. The van der Waals surface area contributed by atoms with Crippen molar-refractivity contribution in [3.63, 3.8) is 0 Å². The van der Waals surface area contributed by atoms with E-state index < -0.39 is 0 Å². The van der Waals surface area contributed by atoms with E-state index in [-0.39, 0.29) is 5.82 Å². The molecule has 0 bridgehead atoms. The lowest BCUT2D eigenvalue weighted by atomic mass is 9.71. The summed E-state index contributed by atoms with van der Waals surface area (Å²) in [4.78, 5) is 1.05. The summed E-state index contributed by atoms with van der Waals surface area (Å²) < 4.78 is 13.4. The Kier molecular flexibility index (Phi) is 5.73. The van der Waals surface area contributed by atoms with Gasteiger partial charge in [-0.25, -0.2) is 4.39 Å². The Morgan fingerprint density at radius 3 is 2.67 bits per heavy atom. The number of nitrogens with one attached hydrogen (secondary N) is 1. The maximum absolute atomic E-state index is 13.4. The summed E-state index contributed by atoms with van der Waals surface area (Å²) in [6.45, 7) is 10.2. The van der Waals surface area contributed by atoms with E-state index in [1.165, 1.54) is 25.3 Å². The van der Waals surface area contributed by atoms with Crippen molar-refractivity contribution in [3.8, 4) is 0 Å². The van der Waals surface area contributed by atoms with Gasteiger partial charge in [-0.2, -0.15) is 0 Å². The molecule has 0 aromatic heterocycles. The third kappa shape index (κ3) is 4.72. The molecule has 1 aliphatic rings. The maximum Gasteiger partial charge on any atom is 0.124 e. The van der Waals surface area contributed by atoms with Crippen LogP contribution in [0.25, 0.3) is 0 Å². The van der Waals surface area contributed by atoms with E-state index in [0.29, 0.717) is 16.7 Å². The second kappa shape index (κ2) is 7.15. The molecular weight excluding hydrogens is 281 g/mol. The molecule has 0 radical (unpaired) electrons. The Morgan fingerprint density at radius 1 is 1.29 bits per heavy atom. The zero-order valence-electron chi connectivity index (χ0n) is 13.7. The first-order valence-corrected chi connectivity index (χ1v) is 8.93. The highest BCUT2D eigenvalue weighted by Gasteiger charge is 2.36. The molecule has 21 heavy (non-hydrogen) atoms. The summed E-state index contributed by atoms with van der Waals surface area (Å²) in [6.07, 6.45) is 3.73. The molecule has 0 saturated heterocycles. The maximum atomic E-state index is 13.4. The fourth-order valence-electron chi connectivity index (χ4n) is 3.26. The zero-order chi connectivity index (χ0) is 15.5. The van der Waals surface area contributed by atoms with Crippen LogP contribution in [-0.4, -0.2) is 17.8 Å². The third-order valence-electron chi connectivity index (χ3n) is 4.57. The average molecular weight is 309 g/mol. The lowest BCUT2D eigenvalue weighted by molar-refractivity contribution is 0.165. The Hall–Kier alpha value is -0.540. The number of hydrogen-bond acceptors (Lipinski definition) is 2. The van der Waals surface area contributed by atoms with Gasteiger partial charge in [0, 0.05) is 16.2 Å². The van der Waals surface area contributed by atoms with Crippen molar-refractivity contribution in [2.45, 2.75) is 63.1 Å². The molecule has 1 saturated carbocycles. The second-order valence-electron chi connectivity index (χ2n) is 7.15. The lowest BCUT2D eigenvalue weighted by Gasteiger charge is -2.42. The fraction of sp³-hybridized carbons (Fsp3) is 0.667. The molecule has 0 amide bonds. The smallest absolute Gasteiger partial charge is 0.124 e. The van der Waals surface area contributed by atoms with Gasteiger partial charge in [-0.3, -0.25) is 0 Å². The van der Waals surface area contributed by atoms with Gasteiger partial charge in [-0.15, -0.1) is 11.8 Å². The molecule has 1 N–H and O–H groups in total. The topological polar surface area (TPSA) is 12.0 Å². The van der Waals surface area contributed by atoms with Gasteiger partial charge >= 0.3 is 0 Å². The summed E-state index contributed by atoms with van der Waals surface area (Å²) in [7, 11) is 0. The minimum absolute atomic E-state index is 0.136. The molecule has 1 fully saturated rings. The fourth-order valence-corrected chi connectivity index (χ4v) is 4.67. The minimum atomic E-state index is -0.136. The molecule has 3 atom stereocenters. The van der Waals surface area contributed by atoms with Crippen LogP contribution in [0.1, 0.15) is 47.0 Å². The molecule has 0 aliphatic heterocycles. The number of rotatable bonds is 4. The van der Waals surface area contributed by atoms with Crippen LogP contribution in [0.4, 0.5) is 4.39 Å². The summed E-state index contributed by atoms with van der Waals surface area (Å²) in [5.41, 5.74) is 0.359. The van der Waals surface area contributed by atoms with Crippen molar-refractivity contribution in [2.24, 2.45) is 11.3 Å². The van der Waals surface area contributed by atoms with E-state index in [1.807, 2.05) is 23.9 Å². The molecule has 3 heteroatoms. The second-order valence-corrected chi connectivity index (χ2v) is 8.47. The van der Waals surface area contributed by atoms with Crippen molar-refractivity contribution in [3.05, 3.63) is 30.1 Å². The molecule has 1 nitrogen and oxygen atoms in total. The molecule has 1 aliphatic carbocycles. The van der Waals surface area contributed by atoms with E-state index >= 15 is 0 Å². The quantitative estimate of drug-likeness (QED) is 0.829. The lowest BCUT2D eigenvalue weighted by Crippen LogP contribution is -2.44. The highest BCUT2D eigenvalue weighted by Crippen LogP contribution is 2.43. The first-order chi connectivity index (χ1) is 9.90. The molecule has 0 heterocycles. The van der Waals surface area contributed by atoms with Crippen molar-refractivity contribution >= 4 is 11.8 Å². The van der Waals surface area contributed by atoms with E-state index in [1.54, 1.807) is 6.07 Å². The number of hydrogen-bond donors (Lipinski definition) is 1. The van der Waals surface area contributed by atoms with E-state index in [4.69, 9.17) is 0 Å². The summed E-state index contributed by atoms with van der Waals surface area (Å²) >= 11 is 1.84. The van der Waals surface area contributed by atoms with Crippen LogP contribution in [0.5, 0.6) is 0 Å². The summed E-state index contributed by atoms with van der Waals surface area (Å²) in [5, 5.41) is 4.16. The Bertz CT molecular complexity index is 455. The van der Waals surface area contributed by atoms with Crippen LogP contribution in [0.15, 0.2) is 29.2 Å². The number of thioether (sulfide) groups is 1. The van der Waals surface area contributed by atoms with E-state index in [9.17, 15) is 4.39 Å². The van der Waals surface area contributed by atoms with Crippen molar-refractivity contribution < 1.29 is 4.39 Å². The van der Waals surface area contributed by atoms with Crippen LogP contribution >= 0.6 is 11.8 Å². The van der Waals surface area contributed by atoms with Crippen LogP contribution in [-0.2, 0) is 0 Å². The van der Waals surface area contributed by atoms with Crippen LogP contribution in [0, 0.1) is 17.2 Å². The van der Waals surface area contributed by atoms with Crippen LogP contribution in [0.2, 0.25) is 0 Å². The van der Waals surface area contributed by atoms with Gasteiger partial charge in [-0.1, -0.05) is 33.8 Å². The Morgan fingerprint density at radius 2 is 2.05 bits per heavy atom. The molecule has 2 rings (SSSR count). The molecule has 1 aromatic carbocycles. The van der Waals surface area contributed by atoms with Gasteiger partial charge in [-0.05, 0) is 55.3 Å². The normalized spacial score (nSPS) is 26.8. The summed E-state index contributed by atoms with van der Waals surface area (Å²) in [5.74, 6) is 0.613. The predicted octanol–water partition coefficient (Wildman–Crippen LogP) is 5.11. The molecule has 3 unspecified atom stereocenters. The standard InChI is InChI=1S/C18H28FNS/c1-5-20-16-10-9-13(18(2,3)4)11-17(16)21-15-8-6-7-14(19)12-15/h6-8,12-13,16-17,20H,5,9-11H2,1-4H3. The zero-order valence-corrected chi connectivity index (χ0v) is 14.5. The minimum Gasteiger partial charge on any atom is -0.313 e. The highest BCUT2D eigenvalue weighted by molar-refractivity contribution is 8.00. The van der Waals surface area contributed by atoms with Crippen molar-refractivity contribution in [2.75, 3.05) is 6.54 Å². The van der Waals surface area contributed by atoms with E-state index in [0.717, 1.165) is 17.4 Å². The van der Waals surface area contributed by atoms with Gasteiger partial charge in [0.15, 0.2) is 0 Å². The first-order valence-electron chi connectivity index (χ1n) is 8.05.